The zero-order valence-corrected chi connectivity index (χ0v) is 18.1. The number of piperazine rings is 1. The van der Waals surface area contributed by atoms with Crippen molar-refractivity contribution < 1.29 is 18.8 Å². The second-order valence-corrected chi connectivity index (χ2v) is 9.27. The Hall–Kier alpha value is -3.14. The third kappa shape index (κ3) is 3.68. The summed E-state index contributed by atoms with van der Waals surface area (Å²) < 4.78 is 13.2. The summed E-state index contributed by atoms with van der Waals surface area (Å²) in [5, 5.41) is 3.31. The topological polar surface area (TPSA) is 94.1 Å². The van der Waals surface area contributed by atoms with E-state index in [1.807, 2.05) is 42.5 Å². The Morgan fingerprint density at radius 2 is 1.97 bits per heavy atom. The Balaban J connectivity index is 1.17. The van der Waals surface area contributed by atoms with Crippen molar-refractivity contribution in [2.75, 3.05) is 13.1 Å². The number of hydrogen-bond acceptors (Lipinski definition) is 8. The third-order valence-electron chi connectivity index (χ3n) is 6.18. The van der Waals surface area contributed by atoms with Gasteiger partial charge >= 0.3 is 6.09 Å². The Bertz CT molecular complexity index is 1250. The first-order valence-electron chi connectivity index (χ1n) is 10.6. The van der Waals surface area contributed by atoms with Crippen molar-refractivity contribution in [3.8, 4) is 10.9 Å². The van der Waals surface area contributed by atoms with Crippen LogP contribution >= 0.6 is 11.3 Å². The minimum atomic E-state index is -0.751. The number of carbonyl (C=O) groups excluding carboxylic acids is 1. The number of primary amides is 1. The molecule has 32 heavy (non-hydrogen) atoms. The molecule has 8 nitrogen and oxygen atoms in total. The number of hydrogen-bond donors (Lipinski definition) is 1. The van der Waals surface area contributed by atoms with E-state index in [1.165, 1.54) is 11.3 Å². The van der Waals surface area contributed by atoms with Crippen LogP contribution in [0.5, 0.6) is 10.9 Å². The number of amides is 1. The molecule has 6 rings (SSSR count). The summed E-state index contributed by atoms with van der Waals surface area (Å²) in [6.07, 6.45) is 1.40. The van der Waals surface area contributed by atoms with Gasteiger partial charge in [-0.05, 0) is 49.2 Å². The molecule has 2 aliphatic rings. The molecule has 2 aliphatic heterocycles. The van der Waals surface area contributed by atoms with Gasteiger partial charge in [0.2, 0.25) is 0 Å². The van der Waals surface area contributed by atoms with Gasteiger partial charge in [0.1, 0.15) is 17.1 Å². The van der Waals surface area contributed by atoms with Crippen molar-refractivity contribution in [2.45, 2.75) is 31.5 Å². The molecule has 0 unspecified atom stereocenters. The zero-order chi connectivity index (χ0) is 21.7. The molecule has 2 bridgehead atoms. The first kappa shape index (κ1) is 19.5. The summed E-state index contributed by atoms with van der Waals surface area (Å²) in [5.74, 6) is 1.65. The van der Waals surface area contributed by atoms with E-state index in [9.17, 15) is 4.79 Å². The summed E-state index contributed by atoms with van der Waals surface area (Å²) in [6.45, 7) is 2.06. The lowest BCUT2D eigenvalue weighted by Gasteiger charge is -2.38. The van der Waals surface area contributed by atoms with Crippen molar-refractivity contribution in [1.82, 2.24) is 14.9 Å². The highest BCUT2D eigenvalue weighted by Crippen LogP contribution is 2.35. The second-order valence-electron chi connectivity index (χ2n) is 8.28. The van der Waals surface area contributed by atoms with E-state index in [0.29, 0.717) is 30.4 Å². The molecule has 0 saturated carbocycles. The van der Waals surface area contributed by atoms with Gasteiger partial charge in [0.05, 0.1) is 29.9 Å². The lowest BCUT2D eigenvalue weighted by Crippen LogP contribution is -2.53. The number of thiazole rings is 1. The lowest BCUT2D eigenvalue weighted by atomic mass is 10.2. The number of rotatable bonds is 5. The molecule has 4 aromatic rings. The molecule has 164 valence electrons. The number of furan rings is 1. The average Bonchev–Trinajstić information content (AvgIpc) is 3.41. The number of benzene rings is 2. The minimum absolute atomic E-state index is 0.319. The molecule has 2 aromatic heterocycles. The van der Waals surface area contributed by atoms with Crippen LogP contribution in [0, 0.1) is 0 Å². The molecule has 0 radical (unpaired) electrons. The highest BCUT2D eigenvalue weighted by Gasteiger charge is 2.41. The van der Waals surface area contributed by atoms with E-state index in [0.717, 1.165) is 52.1 Å². The number of para-hydroxylation sites is 1. The van der Waals surface area contributed by atoms with Gasteiger partial charge in [0.15, 0.2) is 0 Å². The predicted molar refractivity (Wildman–Crippen MR) is 121 cm³/mol. The zero-order valence-electron chi connectivity index (χ0n) is 17.3. The van der Waals surface area contributed by atoms with E-state index < -0.39 is 6.09 Å². The number of nitrogens with zero attached hydrogens (tertiary/aromatic N) is 3. The smallest absolute Gasteiger partial charge is 0.423 e. The number of carbonyl (C=O) groups is 1. The van der Waals surface area contributed by atoms with Crippen molar-refractivity contribution in [1.29, 1.82) is 0 Å². The van der Waals surface area contributed by atoms with Crippen LogP contribution in [0.1, 0.15) is 18.6 Å². The largest absolute Gasteiger partial charge is 0.460 e. The molecule has 0 spiro atoms. The predicted octanol–water partition coefficient (Wildman–Crippen LogP) is 4.49. The standard InChI is InChI=1S/C23H22N4O4S/c24-22(28)31-26-11-15-5-6-16(12-26)27(15)13-18-10-14-9-17(7-8-20(14)29-18)30-23-25-19-3-1-2-4-21(19)32-23/h1-4,7-10,15-16H,5-6,11-13H2,(H2,24,28)/t15-,16+. The molecule has 2 atom stereocenters. The fourth-order valence-corrected chi connectivity index (χ4v) is 5.64. The maximum Gasteiger partial charge on any atom is 0.423 e. The second kappa shape index (κ2) is 7.77. The maximum atomic E-state index is 11.1. The molecule has 1 amide bonds. The molecule has 2 N–H and O–H groups in total. The van der Waals surface area contributed by atoms with Crippen LogP contribution in [0.4, 0.5) is 4.79 Å². The van der Waals surface area contributed by atoms with Crippen LogP contribution in [0.3, 0.4) is 0 Å². The van der Waals surface area contributed by atoms with E-state index >= 15 is 0 Å². The summed E-state index contributed by atoms with van der Waals surface area (Å²) >= 11 is 1.53. The first-order valence-corrected chi connectivity index (χ1v) is 11.5. The van der Waals surface area contributed by atoms with Crippen LogP contribution in [-0.4, -0.2) is 46.2 Å². The van der Waals surface area contributed by atoms with Crippen molar-refractivity contribution in [2.24, 2.45) is 5.73 Å². The number of aromatic nitrogens is 1. The minimum Gasteiger partial charge on any atom is -0.460 e. The summed E-state index contributed by atoms with van der Waals surface area (Å²) in [6, 6.07) is 16.5. The molecule has 9 heteroatoms. The van der Waals surface area contributed by atoms with Crippen LogP contribution in [0.15, 0.2) is 52.9 Å². The third-order valence-corrected chi connectivity index (χ3v) is 7.09. The molecular formula is C23H22N4O4S. The Morgan fingerprint density at radius 3 is 2.75 bits per heavy atom. The average molecular weight is 451 g/mol. The van der Waals surface area contributed by atoms with Crippen LogP contribution < -0.4 is 10.5 Å². The first-order chi connectivity index (χ1) is 15.6. The van der Waals surface area contributed by atoms with Gasteiger partial charge in [-0.2, -0.15) is 0 Å². The monoisotopic (exact) mass is 450 g/mol. The van der Waals surface area contributed by atoms with Gasteiger partial charge < -0.3 is 19.7 Å². The SMILES string of the molecule is NC(=O)ON1C[C@H]2CC[C@@H](C1)N2Cc1cc2cc(Oc3nc4ccccc4s3)ccc2o1. The lowest BCUT2D eigenvalue weighted by molar-refractivity contribution is -0.140. The molecule has 4 heterocycles. The molecule has 2 saturated heterocycles. The van der Waals surface area contributed by atoms with Gasteiger partial charge in [0.25, 0.3) is 5.19 Å². The van der Waals surface area contributed by atoms with E-state index in [1.54, 1.807) is 5.06 Å². The van der Waals surface area contributed by atoms with Gasteiger partial charge in [-0.1, -0.05) is 23.5 Å². The number of nitrogens with two attached hydrogens (primary N) is 1. The fraction of sp³-hybridized carbons (Fsp3) is 0.304. The highest BCUT2D eigenvalue weighted by molar-refractivity contribution is 7.20. The number of fused-ring (bicyclic) bond motifs is 4. The van der Waals surface area contributed by atoms with Crippen molar-refractivity contribution >= 4 is 38.6 Å². The maximum absolute atomic E-state index is 11.1. The normalized spacial score (nSPS) is 21.4. The van der Waals surface area contributed by atoms with E-state index in [-0.39, 0.29) is 0 Å². The van der Waals surface area contributed by atoms with Crippen molar-refractivity contribution in [3.63, 3.8) is 0 Å². The molecular weight excluding hydrogens is 428 g/mol. The van der Waals surface area contributed by atoms with Crippen LogP contribution in [-0.2, 0) is 11.4 Å². The number of ether oxygens (including phenoxy) is 1. The van der Waals surface area contributed by atoms with E-state index in [4.69, 9.17) is 19.7 Å². The molecule has 0 aliphatic carbocycles. The van der Waals surface area contributed by atoms with Gasteiger partial charge in [-0.3, -0.25) is 4.90 Å². The summed E-state index contributed by atoms with van der Waals surface area (Å²) in [4.78, 5) is 23.2. The molecule has 2 aromatic carbocycles. The number of hydroxylamine groups is 2. The Morgan fingerprint density at radius 1 is 1.16 bits per heavy atom. The Kier molecular flexibility index (Phi) is 4.74. The van der Waals surface area contributed by atoms with Crippen LogP contribution in [0.25, 0.3) is 21.2 Å². The highest BCUT2D eigenvalue weighted by atomic mass is 32.1. The van der Waals surface area contributed by atoms with Crippen LogP contribution in [0.2, 0.25) is 0 Å². The van der Waals surface area contributed by atoms with Gasteiger partial charge in [0, 0.05) is 17.5 Å². The molecule has 2 fully saturated rings. The van der Waals surface area contributed by atoms with Gasteiger partial charge in [-0.15, -0.1) is 5.06 Å². The van der Waals surface area contributed by atoms with Crippen molar-refractivity contribution in [3.05, 3.63) is 54.3 Å². The van der Waals surface area contributed by atoms with Gasteiger partial charge in [-0.25, -0.2) is 9.78 Å². The summed E-state index contributed by atoms with van der Waals surface area (Å²) in [5.41, 5.74) is 6.94. The summed E-state index contributed by atoms with van der Waals surface area (Å²) in [7, 11) is 0. The van der Waals surface area contributed by atoms with E-state index in [2.05, 4.69) is 16.0 Å². The quantitative estimate of drug-likeness (QED) is 0.479. The fourth-order valence-electron chi connectivity index (χ4n) is 4.80. The Labute approximate surface area is 188 Å².